The van der Waals surface area contributed by atoms with E-state index in [9.17, 15) is 9.59 Å². The smallest absolute Gasteiger partial charge is 0.255 e. The van der Waals surface area contributed by atoms with Crippen molar-refractivity contribution in [2.75, 3.05) is 43.9 Å². The van der Waals surface area contributed by atoms with Crippen molar-refractivity contribution in [1.82, 2.24) is 24.2 Å². The van der Waals surface area contributed by atoms with Gasteiger partial charge in [-0.15, -0.1) is 0 Å². The molecule has 2 aromatic heterocycles. The molecule has 0 spiro atoms. The quantitative estimate of drug-likeness (QED) is 0.234. The summed E-state index contributed by atoms with van der Waals surface area (Å²) in [5, 5.41) is 6.48. The molecule has 2 amide bonds. The number of rotatable bonds is 6. The van der Waals surface area contributed by atoms with Crippen LogP contribution in [0.15, 0.2) is 85.3 Å². The summed E-state index contributed by atoms with van der Waals surface area (Å²) >= 11 is 0. The van der Waals surface area contributed by atoms with Crippen LogP contribution < -0.4 is 10.6 Å². The summed E-state index contributed by atoms with van der Waals surface area (Å²) < 4.78 is 1.92. The molecule has 5 aromatic rings. The van der Waals surface area contributed by atoms with E-state index >= 15 is 0 Å². The Morgan fingerprint density at radius 1 is 0.867 bits per heavy atom. The van der Waals surface area contributed by atoms with Gasteiger partial charge < -0.3 is 24.8 Å². The number of piperazine rings is 1. The van der Waals surface area contributed by atoms with E-state index in [0.29, 0.717) is 22.6 Å². The number of anilines is 3. The molecule has 2 N–H and O–H groups in total. The zero-order chi connectivity index (χ0) is 31.7. The number of benzene rings is 3. The molecule has 3 aromatic carbocycles. The highest BCUT2D eigenvalue weighted by molar-refractivity contribution is 6.05. The van der Waals surface area contributed by atoms with Gasteiger partial charge in [-0.25, -0.2) is 9.97 Å². The molecule has 1 aliphatic heterocycles. The molecule has 9 nitrogen and oxygen atoms in total. The highest BCUT2D eigenvalue weighted by Gasteiger charge is 2.21. The number of hydrogen-bond donors (Lipinski definition) is 2. The Labute approximate surface area is 263 Å². The van der Waals surface area contributed by atoms with Crippen molar-refractivity contribution in [3.8, 4) is 11.3 Å². The summed E-state index contributed by atoms with van der Waals surface area (Å²) in [4.78, 5) is 39.7. The average molecular weight is 602 g/mol. The number of nitrogens with one attached hydrogen (secondary N) is 2. The summed E-state index contributed by atoms with van der Waals surface area (Å²) in [6.45, 7) is 11.7. The molecule has 3 heterocycles. The Hall–Kier alpha value is -5.02. The number of amides is 2. The van der Waals surface area contributed by atoms with Gasteiger partial charge in [0, 0.05) is 72.8 Å². The van der Waals surface area contributed by atoms with Crippen LogP contribution in [0.1, 0.15) is 52.6 Å². The van der Waals surface area contributed by atoms with Gasteiger partial charge in [-0.3, -0.25) is 9.59 Å². The van der Waals surface area contributed by atoms with Gasteiger partial charge in [-0.1, -0.05) is 45.0 Å². The van der Waals surface area contributed by atoms with E-state index in [2.05, 4.69) is 48.3 Å². The molecule has 0 radical (unpaired) electrons. The van der Waals surface area contributed by atoms with Crippen molar-refractivity contribution in [1.29, 1.82) is 0 Å². The number of hydrogen-bond acceptors (Lipinski definition) is 6. The number of likely N-dealkylation sites (N-methyl/N-ethyl adjacent to an activating group) is 1. The van der Waals surface area contributed by atoms with E-state index in [-0.39, 0.29) is 17.2 Å². The number of carbonyl (C=O) groups is 2. The fraction of sp³-hybridized carbons (Fsp3) is 0.278. The van der Waals surface area contributed by atoms with Gasteiger partial charge in [-0.05, 0) is 73.0 Å². The van der Waals surface area contributed by atoms with Gasteiger partial charge in [0.05, 0.1) is 5.69 Å². The number of nitrogens with zero attached hydrogens (tertiary/aromatic N) is 5. The van der Waals surface area contributed by atoms with E-state index in [0.717, 1.165) is 54.4 Å². The van der Waals surface area contributed by atoms with Crippen molar-refractivity contribution >= 4 is 34.7 Å². The number of carbonyl (C=O) groups excluding carboxylic acids is 2. The van der Waals surface area contributed by atoms with Crippen LogP contribution in [-0.4, -0.2) is 69.2 Å². The van der Waals surface area contributed by atoms with Crippen LogP contribution in [0.2, 0.25) is 0 Å². The number of fused-ring (bicyclic) bond motifs is 1. The summed E-state index contributed by atoms with van der Waals surface area (Å²) in [6.07, 6.45) is 5.53. The van der Waals surface area contributed by atoms with E-state index in [1.54, 1.807) is 6.20 Å². The van der Waals surface area contributed by atoms with Crippen LogP contribution in [0.4, 0.5) is 17.2 Å². The molecule has 0 aliphatic carbocycles. The standard InChI is InChI=1S/C36H39N7O2/c1-24-6-7-27(22-30(24)40-34(44)25-8-12-28(13-9-25)36(2,3)4)31-23-43-17-16-37-33(43)32(39-31)38-29-14-10-26(11-15-29)35(45)42-20-18-41(5)19-21-42/h6-17,22-23H,18-21H2,1-5H3,(H,38,39)(H,40,44). The molecule has 1 saturated heterocycles. The van der Waals surface area contributed by atoms with Gasteiger partial charge in [0.15, 0.2) is 11.5 Å². The van der Waals surface area contributed by atoms with Gasteiger partial charge in [0.1, 0.15) is 0 Å². The molecule has 0 atom stereocenters. The molecule has 45 heavy (non-hydrogen) atoms. The third-order valence-electron chi connectivity index (χ3n) is 8.35. The molecule has 9 heteroatoms. The minimum atomic E-state index is -0.161. The highest BCUT2D eigenvalue weighted by atomic mass is 16.2. The lowest BCUT2D eigenvalue weighted by atomic mass is 9.86. The van der Waals surface area contributed by atoms with Crippen LogP contribution in [0, 0.1) is 6.92 Å². The van der Waals surface area contributed by atoms with Crippen molar-refractivity contribution in [3.63, 3.8) is 0 Å². The number of imidazole rings is 1. The maximum atomic E-state index is 13.2. The van der Waals surface area contributed by atoms with Gasteiger partial charge in [0.2, 0.25) is 0 Å². The second kappa shape index (κ2) is 12.2. The summed E-state index contributed by atoms with van der Waals surface area (Å²) in [5.41, 5.74) is 7.18. The molecular weight excluding hydrogens is 562 g/mol. The van der Waals surface area contributed by atoms with Gasteiger partial charge in [0.25, 0.3) is 11.8 Å². The first kappa shape index (κ1) is 30.0. The first-order valence-corrected chi connectivity index (χ1v) is 15.3. The Kier molecular flexibility index (Phi) is 8.12. The first-order chi connectivity index (χ1) is 21.5. The Morgan fingerprint density at radius 3 is 2.24 bits per heavy atom. The molecule has 1 aliphatic rings. The minimum absolute atomic E-state index is 0.0179. The normalized spacial score (nSPS) is 14.0. The molecule has 6 rings (SSSR count). The Balaban J connectivity index is 1.22. The molecule has 230 valence electrons. The van der Waals surface area contributed by atoms with E-state index < -0.39 is 0 Å². The van der Waals surface area contributed by atoms with E-state index in [4.69, 9.17) is 4.98 Å². The number of aromatic nitrogens is 3. The van der Waals surface area contributed by atoms with Gasteiger partial charge >= 0.3 is 0 Å². The fourth-order valence-corrected chi connectivity index (χ4v) is 5.41. The largest absolute Gasteiger partial charge is 0.337 e. The molecule has 0 bridgehead atoms. The van der Waals surface area contributed by atoms with Crippen molar-refractivity contribution < 1.29 is 9.59 Å². The first-order valence-electron chi connectivity index (χ1n) is 15.3. The summed E-state index contributed by atoms with van der Waals surface area (Å²) in [7, 11) is 2.08. The van der Waals surface area contributed by atoms with E-state index in [1.165, 1.54) is 5.56 Å². The highest BCUT2D eigenvalue weighted by Crippen LogP contribution is 2.29. The SMILES string of the molecule is Cc1ccc(-c2cn3ccnc3c(Nc3ccc(C(=O)N4CCN(C)CC4)cc3)n2)cc1NC(=O)c1ccc(C(C)(C)C)cc1. The lowest BCUT2D eigenvalue weighted by Crippen LogP contribution is -2.47. The molecular formula is C36H39N7O2. The predicted octanol–water partition coefficient (Wildman–Crippen LogP) is 6.39. The topological polar surface area (TPSA) is 94.9 Å². The Bertz CT molecular complexity index is 1850. The zero-order valence-electron chi connectivity index (χ0n) is 26.5. The second-order valence-corrected chi connectivity index (χ2v) is 12.7. The monoisotopic (exact) mass is 601 g/mol. The minimum Gasteiger partial charge on any atom is -0.337 e. The van der Waals surface area contributed by atoms with E-state index in [1.807, 2.05) is 95.3 Å². The van der Waals surface area contributed by atoms with Crippen molar-refractivity contribution in [2.24, 2.45) is 0 Å². The van der Waals surface area contributed by atoms with Crippen LogP contribution in [0.3, 0.4) is 0 Å². The van der Waals surface area contributed by atoms with Crippen molar-refractivity contribution in [3.05, 3.63) is 108 Å². The molecule has 0 saturated carbocycles. The Morgan fingerprint density at radius 2 is 1.56 bits per heavy atom. The zero-order valence-corrected chi connectivity index (χ0v) is 26.5. The van der Waals surface area contributed by atoms with Crippen LogP contribution >= 0.6 is 0 Å². The maximum Gasteiger partial charge on any atom is 0.255 e. The molecule has 1 fully saturated rings. The summed E-state index contributed by atoms with van der Waals surface area (Å²) in [6, 6.07) is 21.2. The third-order valence-corrected chi connectivity index (χ3v) is 8.35. The van der Waals surface area contributed by atoms with Crippen LogP contribution in [-0.2, 0) is 5.41 Å². The fourth-order valence-electron chi connectivity index (χ4n) is 5.41. The average Bonchev–Trinajstić information content (AvgIpc) is 3.51. The third kappa shape index (κ3) is 6.58. The second-order valence-electron chi connectivity index (χ2n) is 12.7. The van der Waals surface area contributed by atoms with Crippen LogP contribution in [0.25, 0.3) is 16.9 Å². The van der Waals surface area contributed by atoms with Gasteiger partial charge in [-0.2, -0.15) is 0 Å². The maximum absolute atomic E-state index is 13.2. The predicted molar refractivity (Wildman–Crippen MR) is 179 cm³/mol. The molecule has 0 unspecified atom stereocenters. The van der Waals surface area contributed by atoms with Crippen molar-refractivity contribution in [2.45, 2.75) is 33.1 Å². The lowest BCUT2D eigenvalue weighted by Gasteiger charge is -2.32. The summed E-state index contributed by atoms with van der Waals surface area (Å²) in [5.74, 6) is 0.473. The number of aryl methyl sites for hydroxylation is 1. The van der Waals surface area contributed by atoms with Crippen LogP contribution in [0.5, 0.6) is 0 Å². The lowest BCUT2D eigenvalue weighted by molar-refractivity contribution is 0.0664.